The number of likely N-dealkylation sites (tertiary alicyclic amines) is 1. The molecule has 0 radical (unpaired) electrons. The Morgan fingerprint density at radius 1 is 1.14 bits per heavy atom. The van der Waals surface area contributed by atoms with Crippen LogP contribution in [-0.4, -0.2) is 58.6 Å². The number of nitrogens with zero attached hydrogens (tertiary/aromatic N) is 1. The van der Waals surface area contributed by atoms with Crippen LogP contribution in [-0.2, 0) is 14.8 Å². The molecular formula is C20H33N3O4S. The minimum Gasteiger partial charge on any atom is -0.494 e. The van der Waals surface area contributed by atoms with E-state index in [9.17, 15) is 13.2 Å². The predicted molar refractivity (Wildman–Crippen MR) is 110 cm³/mol. The third kappa shape index (κ3) is 7.41. The van der Waals surface area contributed by atoms with Gasteiger partial charge in [0.25, 0.3) is 0 Å². The quantitative estimate of drug-likeness (QED) is 0.613. The smallest absolute Gasteiger partial charge is 0.240 e. The van der Waals surface area contributed by atoms with Crippen molar-refractivity contribution in [1.82, 2.24) is 14.9 Å². The average molecular weight is 412 g/mol. The zero-order chi connectivity index (χ0) is 20.6. The summed E-state index contributed by atoms with van der Waals surface area (Å²) in [6.07, 6.45) is 1.38. The molecule has 1 aliphatic rings. The standard InChI is InChI=1S/C20H33N3O4S/c1-4-27-18-5-7-19(8-6-18)28(25,26)22-10-9-20(24)21-11-12-23-14-16(2)13-17(3)15-23/h5-8,16-17,22H,4,9-15H2,1-3H3,(H,21,24). The number of hydrogen-bond donors (Lipinski definition) is 2. The molecule has 1 aromatic carbocycles. The van der Waals surface area contributed by atoms with E-state index in [0.29, 0.717) is 30.7 Å². The highest BCUT2D eigenvalue weighted by molar-refractivity contribution is 7.89. The first kappa shape index (κ1) is 22.6. The van der Waals surface area contributed by atoms with Crippen molar-refractivity contribution in [3.63, 3.8) is 0 Å². The normalized spacial score (nSPS) is 20.7. The van der Waals surface area contributed by atoms with Crippen molar-refractivity contribution in [2.24, 2.45) is 11.8 Å². The zero-order valence-corrected chi connectivity index (χ0v) is 17.9. The summed E-state index contributed by atoms with van der Waals surface area (Å²) in [6.45, 7) is 10.5. The Labute approximate surface area is 168 Å². The molecule has 0 bridgehead atoms. The molecule has 1 aromatic rings. The number of nitrogens with one attached hydrogen (secondary N) is 2. The van der Waals surface area contributed by atoms with Crippen molar-refractivity contribution < 1.29 is 17.9 Å². The number of ether oxygens (including phenoxy) is 1. The van der Waals surface area contributed by atoms with E-state index in [1.807, 2.05) is 6.92 Å². The molecule has 0 spiro atoms. The summed E-state index contributed by atoms with van der Waals surface area (Å²) in [7, 11) is -3.63. The van der Waals surface area contributed by atoms with Gasteiger partial charge in [-0.1, -0.05) is 13.8 Å². The monoisotopic (exact) mass is 411 g/mol. The number of carbonyl (C=O) groups excluding carboxylic acids is 1. The number of sulfonamides is 1. The van der Waals surface area contributed by atoms with Gasteiger partial charge in [0, 0.05) is 39.1 Å². The van der Waals surface area contributed by atoms with Crippen molar-refractivity contribution in [1.29, 1.82) is 0 Å². The Bertz CT molecular complexity index is 711. The van der Waals surface area contributed by atoms with Gasteiger partial charge in [0.05, 0.1) is 11.5 Å². The van der Waals surface area contributed by atoms with Gasteiger partial charge < -0.3 is 15.0 Å². The highest BCUT2D eigenvalue weighted by atomic mass is 32.2. The number of benzene rings is 1. The predicted octanol–water partition coefficient (Wildman–Crippen LogP) is 1.85. The second-order valence-electron chi connectivity index (χ2n) is 7.61. The molecule has 28 heavy (non-hydrogen) atoms. The second-order valence-corrected chi connectivity index (χ2v) is 9.37. The van der Waals surface area contributed by atoms with Crippen LogP contribution in [0, 0.1) is 11.8 Å². The van der Waals surface area contributed by atoms with Gasteiger partial charge in [-0.15, -0.1) is 0 Å². The van der Waals surface area contributed by atoms with Gasteiger partial charge in [-0.3, -0.25) is 4.79 Å². The van der Waals surface area contributed by atoms with E-state index < -0.39 is 10.0 Å². The molecule has 2 unspecified atom stereocenters. The number of amides is 1. The van der Waals surface area contributed by atoms with Crippen LogP contribution >= 0.6 is 0 Å². The average Bonchev–Trinajstić information content (AvgIpc) is 2.61. The Morgan fingerprint density at radius 2 is 1.79 bits per heavy atom. The van der Waals surface area contributed by atoms with Gasteiger partial charge in [0.1, 0.15) is 5.75 Å². The molecule has 7 nitrogen and oxygen atoms in total. The first-order chi connectivity index (χ1) is 13.3. The molecule has 1 fully saturated rings. The highest BCUT2D eigenvalue weighted by Gasteiger charge is 2.21. The molecule has 2 rings (SSSR count). The molecule has 0 aromatic heterocycles. The molecule has 1 amide bonds. The minimum absolute atomic E-state index is 0.0686. The van der Waals surface area contributed by atoms with E-state index in [1.54, 1.807) is 12.1 Å². The molecule has 1 heterocycles. The maximum atomic E-state index is 12.3. The van der Waals surface area contributed by atoms with Crippen LogP contribution in [0.15, 0.2) is 29.2 Å². The second kappa shape index (κ2) is 10.8. The van der Waals surface area contributed by atoms with Gasteiger partial charge in [-0.2, -0.15) is 0 Å². The molecule has 2 atom stereocenters. The fraction of sp³-hybridized carbons (Fsp3) is 0.650. The van der Waals surface area contributed by atoms with Crippen LogP contribution in [0.1, 0.15) is 33.6 Å². The molecule has 1 aliphatic heterocycles. The lowest BCUT2D eigenvalue weighted by atomic mass is 9.92. The third-order valence-corrected chi connectivity index (χ3v) is 6.26. The van der Waals surface area contributed by atoms with E-state index in [-0.39, 0.29) is 23.8 Å². The molecule has 158 valence electrons. The van der Waals surface area contributed by atoms with Gasteiger partial charge in [0.2, 0.25) is 15.9 Å². The molecule has 0 saturated carbocycles. The van der Waals surface area contributed by atoms with Crippen LogP contribution in [0.25, 0.3) is 0 Å². The summed E-state index contributed by atoms with van der Waals surface area (Å²) in [5.74, 6) is 1.86. The van der Waals surface area contributed by atoms with E-state index in [1.165, 1.54) is 18.6 Å². The number of piperidine rings is 1. The lowest BCUT2D eigenvalue weighted by Gasteiger charge is -2.34. The summed E-state index contributed by atoms with van der Waals surface area (Å²) in [4.78, 5) is 14.5. The van der Waals surface area contributed by atoms with Crippen molar-refractivity contribution in [3.05, 3.63) is 24.3 Å². The zero-order valence-electron chi connectivity index (χ0n) is 17.1. The van der Waals surface area contributed by atoms with E-state index in [0.717, 1.165) is 19.6 Å². The van der Waals surface area contributed by atoms with Crippen LogP contribution in [0.3, 0.4) is 0 Å². The SMILES string of the molecule is CCOc1ccc(S(=O)(=O)NCCC(=O)NCCN2CC(C)CC(C)C2)cc1. The summed E-state index contributed by atoms with van der Waals surface area (Å²) in [5, 5.41) is 2.88. The minimum atomic E-state index is -3.63. The summed E-state index contributed by atoms with van der Waals surface area (Å²) in [5.41, 5.74) is 0. The third-order valence-electron chi connectivity index (χ3n) is 4.78. The lowest BCUT2D eigenvalue weighted by molar-refractivity contribution is -0.121. The van der Waals surface area contributed by atoms with Crippen LogP contribution in [0.5, 0.6) is 5.75 Å². The molecule has 8 heteroatoms. The largest absolute Gasteiger partial charge is 0.494 e. The number of carbonyl (C=O) groups is 1. The number of rotatable bonds is 10. The Hall–Kier alpha value is -1.64. The van der Waals surface area contributed by atoms with Crippen molar-refractivity contribution in [2.45, 2.75) is 38.5 Å². The van der Waals surface area contributed by atoms with Crippen LogP contribution in [0.4, 0.5) is 0 Å². The van der Waals surface area contributed by atoms with E-state index in [2.05, 4.69) is 28.8 Å². The summed E-state index contributed by atoms with van der Waals surface area (Å²) < 4.78 is 32.3. The Balaban J connectivity index is 1.68. The first-order valence-electron chi connectivity index (χ1n) is 10.0. The molecular weight excluding hydrogens is 378 g/mol. The van der Waals surface area contributed by atoms with Crippen LogP contribution in [0.2, 0.25) is 0 Å². The molecule has 1 saturated heterocycles. The highest BCUT2D eigenvalue weighted by Crippen LogP contribution is 2.20. The maximum Gasteiger partial charge on any atom is 0.240 e. The summed E-state index contributed by atoms with van der Waals surface area (Å²) in [6, 6.07) is 6.22. The molecule has 0 aliphatic carbocycles. The summed E-state index contributed by atoms with van der Waals surface area (Å²) >= 11 is 0. The maximum absolute atomic E-state index is 12.3. The van der Waals surface area contributed by atoms with Gasteiger partial charge >= 0.3 is 0 Å². The lowest BCUT2D eigenvalue weighted by Crippen LogP contribution is -2.43. The fourth-order valence-corrected chi connectivity index (χ4v) is 4.71. The van der Waals surface area contributed by atoms with Crippen LogP contribution < -0.4 is 14.8 Å². The van der Waals surface area contributed by atoms with E-state index in [4.69, 9.17) is 4.74 Å². The van der Waals surface area contributed by atoms with Gasteiger partial charge in [-0.05, 0) is 49.4 Å². The van der Waals surface area contributed by atoms with Crippen molar-refractivity contribution in [3.8, 4) is 5.75 Å². The first-order valence-corrected chi connectivity index (χ1v) is 11.5. The topological polar surface area (TPSA) is 87.7 Å². The van der Waals surface area contributed by atoms with Crippen molar-refractivity contribution in [2.75, 3.05) is 39.3 Å². The van der Waals surface area contributed by atoms with Gasteiger partial charge in [-0.25, -0.2) is 13.1 Å². The van der Waals surface area contributed by atoms with Crippen molar-refractivity contribution >= 4 is 15.9 Å². The Morgan fingerprint density at radius 3 is 2.39 bits per heavy atom. The van der Waals surface area contributed by atoms with Gasteiger partial charge in [0.15, 0.2) is 0 Å². The van der Waals surface area contributed by atoms with E-state index >= 15 is 0 Å². The Kier molecular flexibility index (Phi) is 8.72. The fourth-order valence-electron chi connectivity index (χ4n) is 3.68. The number of hydrogen-bond acceptors (Lipinski definition) is 5. The molecule has 2 N–H and O–H groups in total.